The van der Waals surface area contributed by atoms with Crippen molar-refractivity contribution in [3.05, 3.63) is 66.6 Å². The van der Waals surface area contributed by atoms with Gasteiger partial charge in [-0.05, 0) is 43.3 Å². The van der Waals surface area contributed by atoms with Gasteiger partial charge in [0.2, 0.25) is 5.91 Å². The second-order valence-electron chi connectivity index (χ2n) is 5.64. The van der Waals surface area contributed by atoms with E-state index in [9.17, 15) is 4.79 Å². The first-order valence-electron chi connectivity index (χ1n) is 8.19. The molecule has 7 heteroatoms. The molecule has 6 nitrogen and oxygen atoms in total. The van der Waals surface area contributed by atoms with Crippen molar-refractivity contribution < 1.29 is 9.53 Å². The number of nitrogens with one attached hydrogen (secondary N) is 1. The molecule has 0 spiro atoms. The van der Waals surface area contributed by atoms with Crippen molar-refractivity contribution in [1.82, 2.24) is 14.8 Å². The molecule has 0 aliphatic carbocycles. The van der Waals surface area contributed by atoms with E-state index >= 15 is 0 Å². The number of hydrogen-bond acceptors (Lipinski definition) is 5. The lowest BCUT2D eigenvalue weighted by molar-refractivity contribution is -0.115. The first-order chi connectivity index (χ1) is 12.6. The number of thioether (sulfide) groups is 1. The Morgan fingerprint density at radius 3 is 2.73 bits per heavy atom. The lowest BCUT2D eigenvalue weighted by Gasteiger charge is -2.11. The monoisotopic (exact) mass is 368 g/mol. The molecular formula is C19H20N4O2S. The zero-order valence-electron chi connectivity index (χ0n) is 14.6. The maximum Gasteiger partial charge on any atom is 0.238 e. The zero-order valence-corrected chi connectivity index (χ0v) is 15.4. The summed E-state index contributed by atoms with van der Waals surface area (Å²) in [7, 11) is 1.63. The molecule has 2 heterocycles. The molecule has 0 unspecified atom stereocenters. The van der Waals surface area contributed by atoms with Crippen molar-refractivity contribution in [2.24, 2.45) is 0 Å². The van der Waals surface area contributed by atoms with Crippen molar-refractivity contribution >= 4 is 23.5 Å². The van der Waals surface area contributed by atoms with Crippen LogP contribution in [0.25, 0.3) is 0 Å². The highest BCUT2D eigenvalue weighted by atomic mass is 32.2. The van der Waals surface area contributed by atoms with Crippen LogP contribution in [0.3, 0.4) is 0 Å². The van der Waals surface area contributed by atoms with Gasteiger partial charge >= 0.3 is 0 Å². The Kier molecular flexibility index (Phi) is 5.91. The number of benzene rings is 1. The van der Waals surface area contributed by atoms with Crippen LogP contribution in [0, 0.1) is 0 Å². The molecule has 1 N–H and O–H groups in total. The van der Waals surface area contributed by atoms with E-state index in [4.69, 9.17) is 4.74 Å². The summed E-state index contributed by atoms with van der Waals surface area (Å²) in [5, 5.41) is 6.98. The number of rotatable bonds is 7. The predicted octanol–water partition coefficient (Wildman–Crippen LogP) is 3.45. The van der Waals surface area contributed by atoms with Gasteiger partial charge in [-0.25, -0.2) is 0 Å². The molecule has 0 saturated heterocycles. The Labute approximate surface area is 156 Å². The third kappa shape index (κ3) is 4.86. The smallest absolute Gasteiger partial charge is 0.238 e. The van der Waals surface area contributed by atoms with Crippen molar-refractivity contribution in [2.45, 2.75) is 23.6 Å². The lowest BCUT2D eigenvalue weighted by atomic mass is 10.3. The zero-order chi connectivity index (χ0) is 18.4. The standard InChI is InChI=1S/C19H20N4O2S/c1-14(26-17-8-6-16(25-2)7-9-17)19(24)21-18-10-12-23(22-18)13-15-5-3-4-11-20-15/h3-12,14H,13H2,1-2H3,(H,21,22,24)/t14-/m0/s1. The molecule has 3 rings (SSSR count). The molecule has 0 aliphatic rings. The minimum atomic E-state index is -0.246. The Morgan fingerprint density at radius 2 is 2.04 bits per heavy atom. The first kappa shape index (κ1) is 18.0. The summed E-state index contributed by atoms with van der Waals surface area (Å²) in [4.78, 5) is 17.7. The highest BCUT2D eigenvalue weighted by Gasteiger charge is 2.15. The number of anilines is 1. The molecule has 0 fully saturated rings. The largest absolute Gasteiger partial charge is 0.497 e. The van der Waals surface area contributed by atoms with E-state index in [1.807, 2.05) is 55.6 Å². The number of amides is 1. The predicted molar refractivity (Wildman–Crippen MR) is 103 cm³/mol. The maximum absolute atomic E-state index is 12.4. The van der Waals surface area contributed by atoms with Gasteiger partial charge < -0.3 is 10.1 Å². The lowest BCUT2D eigenvalue weighted by Crippen LogP contribution is -2.22. The van der Waals surface area contributed by atoms with Gasteiger partial charge in [0.1, 0.15) is 5.75 Å². The highest BCUT2D eigenvalue weighted by Crippen LogP contribution is 2.26. The van der Waals surface area contributed by atoms with Gasteiger partial charge in [-0.15, -0.1) is 11.8 Å². The van der Waals surface area contributed by atoms with Gasteiger partial charge in [0.05, 0.1) is 24.6 Å². The molecule has 1 atom stereocenters. The Morgan fingerprint density at radius 1 is 1.23 bits per heavy atom. The average molecular weight is 368 g/mol. The molecule has 3 aromatic rings. The first-order valence-corrected chi connectivity index (χ1v) is 9.07. The van der Waals surface area contributed by atoms with Crippen LogP contribution in [0.2, 0.25) is 0 Å². The minimum absolute atomic E-state index is 0.0890. The topological polar surface area (TPSA) is 69.0 Å². The van der Waals surface area contributed by atoms with E-state index in [2.05, 4.69) is 15.4 Å². The van der Waals surface area contributed by atoms with E-state index in [1.54, 1.807) is 24.1 Å². The number of pyridine rings is 1. The summed E-state index contributed by atoms with van der Waals surface area (Å²) in [5.74, 6) is 1.24. The fourth-order valence-corrected chi connectivity index (χ4v) is 3.18. The second kappa shape index (κ2) is 8.53. The van der Waals surface area contributed by atoms with Gasteiger partial charge in [0, 0.05) is 23.4 Å². The molecule has 26 heavy (non-hydrogen) atoms. The van der Waals surface area contributed by atoms with Crippen LogP contribution in [-0.4, -0.2) is 33.0 Å². The van der Waals surface area contributed by atoms with Crippen LogP contribution < -0.4 is 10.1 Å². The second-order valence-corrected chi connectivity index (χ2v) is 7.06. The molecule has 2 aromatic heterocycles. The highest BCUT2D eigenvalue weighted by molar-refractivity contribution is 8.00. The van der Waals surface area contributed by atoms with Crippen LogP contribution in [-0.2, 0) is 11.3 Å². The summed E-state index contributed by atoms with van der Waals surface area (Å²) in [6.07, 6.45) is 3.57. The molecule has 134 valence electrons. The summed E-state index contributed by atoms with van der Waals surface area (Å²) in [5.41, 5.74) is 0.914. The van der Waals surface area contributed by atoms with Crippen molar-refractivity contribution in [2.75, 3.05) is 12.4 Å². The van der Waals surface area contributed by atoms with Crippen molar-refractivity contribution in [3.63, 3.8) is 0 Å². The molecule has 0 saturated carbocycles. The maximum atomic E-state index is 12.4. The fourth-order valence-electron chi connectivity index (χ4n) is 2.31. The normalized spacial score (nSPS) is 11.8. The Balaban J connectivity index is 1.55. The van der Waals surface area contributed by atoms with Crippen LogP contribution in [0.1, 0.15) is 12.6 Å². The number of nitrogens with zero attached hydrogens (tertiary/aromatic N) is 3. The third-order valence-corrected chi connectivity index (χ3v) is 4.80. The van der Waals surface area contributed by atoms with Gasteiger partial charge in [-0.3, -0.25) is 14.5 Å². The SMILES string of the molecule is COc1ccc(S[C@@H](C)C(=O)Nc2ccn(Cc3ccccn3)n2)cc1. The van der Waals surface area contributed by atoms with Gasteiger partial charge in [-0.1, -0.05) is 6.07 Å². The third-order valence-electron chi connectivity index (χ3n) is 3.68. The fraction of sp³-hybridized carbons (Fsp3) is 0.211. The van der Waals surface area contributed by atoms with Crippen molar-refractivity contribution in [3.8, 4) is 5.75 Å². The molecule has 1 aromatic carbocycles. The van der Waals surface area contributed by atoms with Gasteiger partial charge in [-0.2, -0.15) is 5.10 Å². The van der Waals surface area contributed by atoms with E-state index in [0.717, 1.165) is 16.3 Å². The summed E-state index contributed by atoms with van der Waals surface area (Å²) >= 11 is 1.49. The number of hydrogen-bond donors (Lipinski definition) is 1. The van der Waals surface area contributed by atoms with Crippen LogP contribution in [0.5, 0.6) is 5.75 Å². The van der Waals surface area contributed by atoms with Crippen LogP contribution in [0.4, 0.5) is 5.82 Å². The van der Waals surface area contributed by atoms with Crippen LogP contribution in [0.15, 0.2) is 65.8 Å². The quantitative estimate of drug-likeness (QED) is 0.647. The molecule has 0 radical (unpaired) electrons. The average Bonchev–Trinajstić information content (AvgIpc) is 3.10. The summed E-state index contributed by atoms with van der Waals surface area (Å²) in [6.45, 7) is 2.43. The molecule has 1 amide bonds. The van der Waals surface area contributed by atoms with E-state index in [1.165, 1.54) is 11.8 Å². The number of ether oxygens (including phenoxy) is 1. The van der Waals surface area contributed by atoms with Gasteiger partial charge in [0.15, 0.2) is 5.82 Å². The van der Waals surface area contributed by atoms with E-state index in [-0.39, 0.29) is 11.2 Å². The Hall–Kier alpha value is -2.80. The number of methoxy groups -OCH3 is 1. The summed E-state index contributed by atoms with van der Waals surface area (Å²) in [6, 6.07) is 15.2. The molecule has 0 aliphatic heterocycles. The van der Waals surface area contributed by atoms with E-state index in [0.29, 0.717) is 12.4 Å². The van der Waals surface area contributed by atoms with E-state index < -0.39 is 0 Å². The number of carbonyl (C=O) groups is 1. The minimum Gasteiger partial charge on any atom is -0.497 e. The van der Waals surface area contributed by atoms with Gasteiger partial charge in [0.25, 0.3) is 0 Å². The molecule has 0 bridgehead atoms. The number of aromatic nitrogens is 3. The summed E-state index contributed by atoms with van der Waals surface area (Å²) < 4.78 is 6.89. The van der Waals surface area contributed by atoms with Crippen molar-refractivity contribution in [1.29, 1.82) is 0 Å². The Bertz CT molecular complexity index is 849. The number of carbonyl (C=O) groups excluding carboxylic acids is 1. The molecular weight excluding hydrogens is 348 g/mol. The van der Waals surface area contributed by atoms with Crippen LogP contribution >= 0.6 is 11.8 Å².